The van der Waals surface area contributed by atoms with Crippen molar-refractivity contribution in [1.82, 2.24) is 4.57 Å². The fourth-order valence-electron chi connectivity index (χ4n) is 5.41. The van der Waals surface area contributed by atoms with Crippen molar-refractivity contribution in [1.29, 1.82) is 5.26 Å². The van der Waals surface area contributed by atoms with Crippen LogP contribution >= 0.6 is 0 Å². The molecule has 1 saturated heterocycles. The van der Waals surface area contributed by atoms with E-state index >= 15 is 0 Å². The van der Waals surface area contributed by atoms with Crippen LogP contribution in [-0.2, 0) is 13.1 Å². The standard InChI is InChI=1S/C26H25N3O2/c1-31-23-7-5-18(6-8-23)14-28-15-20-12-22(17-28)26-24(9-10-25(30)29(26)16-20)21-4-2-3-19(11-21)13-27/h2-11,20,22H,12,14-17H2,1H3/p+1/t20-,22+/m0/s1. The average molecular weight is 413 g/mol. The number of nitrogens with zero attached hydrogens (tertiary/aromatic N) is 2. The Bertz CT molecular complexity index is 1210. The van der Waals surface area contributed by atoms with Crippen molar-refractivity contribution in [3.05, 3.63) is 87.8 Å². The second-order valence-corrected chi connectivity index (χ2v) is 8.76. The van der Waals surface area contributed by atoms with Crippen LogP contribution in [0.5, 0.6) is 5.75 Å². The summed E-state index contributed by atoms with van der Waals surface area (Å²) in [4.78, 5) is 14.3. The Morgan fingerprint density at radius 1 is 1.13 bits per heavy atom. The van der Waals surface area contributed by atoms with E-state index in [1.165, 1.54) is 5.56 Å². The van der Waals surface area contributed by atoms with Gasteiger partial charge in [0.15, 0.2) is 0 Å². The van der Waals surface area contributed by atoms with Crippen LogP contribution in [0.3, 0.4) is 0 Å². The van der Waals surface area contributed by atoms with Crippen molar-refractivity contribution < 1.29 is 9.64 Å². The summed E-state index contributed by atoms with van der Waals surface area (Å²) in [5.74, 6) is 1.74. The average Bonchev–Trinajstić information content (AvgIpc) is 2.80. The van der Waals surface area contributed by atoms with Gasteiger partial charge in [0.2, 0.25) is 0 Å². The van der Waals surface area contributed by atoms with Gasteiger partial charge < -0.3 is 14.2 Å². The van der Waals surface area contributed by atoms with E-state index in [0.717, 1.165) is 55.2 Å². The van der Waals surface area contributed by atoms with E-state index in [-0.39, 0.29) is 5.56 Å². The molecule has 1 aromatic heterocycles. The number of nitriles is 1. The van der Waals surface area contributed by atoms with Crippen LogP contribution in [0.25, 0.3) is 11.1 Å². The molecule has 0 amide bonds. The quantitative estimate of drug-likeness (QED) is 0.717. The number of rotatable bonds is 4. The third-order valence-electron chi connectivity index (χ3n) is 6.70. The smallest absolute Gasteiger partial charge is 0.250 e. The Morgan fingerprint density at radius 2 is 1.97 bits per heavy atom. The van der Waals surface area contributed by atoms with Crippen molar-refractivity contribution in [2.75, 3.05) is 20.2 Å². The third kappa shape index (κ3) is 3.75. The largest absolute Gasteiger partial charge is 0.497 e. The van der Waals surface area contributed by atoms with E-state index in [1.807, 2.05) is 47.0 Å². The molecule has 0 saturated carbocycles. The second kappa shape index (κ2) is 8.05. The van der Waals surface area contributed by atoms with Gasteiger partial charge >= 0.3 is 0 Å². The van der Waals surface area contributed by atoms with Gasteiger partial charge in [0.25, 0.3) is 5.56 Å². The molecule has 31 heavy (non-hydrogen) atoms. The zero-order valence-corrected chi connectivity index (χ0v) is 17.7. The minimum atomic E-state index is 0.0866. The molecular formula is C26H26N3O2+. The molecule has 3 atom stereocenters. The fourth-order valence-corrected chi connectivity index (χ4v) is 5.41. The van der Waals surface area contributed by atoms with Crippen LogP contribution < -0.4 is 15.2 Å². The first-order chi connectivity index (χ1) is 15.1. The third-order valence-corrected chi connectivity index (χ3v) is 6.70. The van der Waals surface area contributed by atoms with Gasteiger partial charge in [0.05, 0.1) is 31.8 Å². The van der Waals surface area contributed by atoms with E-state index in [9.17, 15) is 10.1 Å². The van der Waals surface area contributed by atoms with Gasteiger partial charge in [0.1, 0.15) is 12.3 Å². The maximum absolute atomic E-state index is 12.7. The highest BCUT2D eigenvalue weighted by atomic mass is 16.5. The first-order valence-corrected chi connectivity index (χ1v) is 10.9. The predicted molar refractivity (Wildman–Crippen MR) is 119 cm³/mol. The summed E-state index contributed by atoms with van der Waals surface area (Å²) in [6.45, 7) is 3.86. The second-order valence-electron chi connectivity index (χ2n) is 8.76. The first-order valence-electron chi connectivity index (χ1n) is 10.9. The highest BCUT2D eigenvalue weighted by Gasteiger charge is 2.38. The molecule has 156 valence electrons. The molecule has 2 aliphatic heterocycles. The lowest BCUT2D eigenvalue weighted by Crippen LogP contribution is -3.13. The Kier molecular flexibility index (Phi) is 5.09. The van der Waals surface area contributed by atoms with Crippen LogP contribution in [0, 0.1) is 17.2 Å². The maximum Gasteiger partial charge on any atom is 0.250 e. The Balaban J connectivity index is 1.48. The Hall–Kier alpha value is -3.36. The number of quaternary nitrogens is 1. The summed E-state index contributed by atoms with van der Waals surface area (Å²) in [7, 11) is 1.69. The predicted octanol–water partition coefficient (Wildman–Crippen LogP) is 2.60. The zero-order valence-electron chi connectivity index (χ0n) is 17.7. The van der Waals surface area contributed by atoms with Crippen LogP contribution in [-0.4, -0.2) is 24.8 Å². The highest BCUT2D eigenvalue weighted by molar-refractivity contribution is 5.68. The van der Waals surface area contributed by atoms with Gasteiger partial charge in [-0.15, -0.1) is 0 Å². The van der Waals surface area contributed by atoms with Crippen LogP contribution in [0.2, 0.25) is 0 Å². The number of piperidine rings is 1. The van der Waals surface area contributed by atoms with E-state index in [1.54, 1.807) is 18.1 Å². The molecule has 3 heterocycles. The van der Waals surface area contributed by atoms with E-state index in [0.29, 0.717) is 17.4 Å². The molecule has 1 N–H and O–H groups in total. The summed E-state index contributed by atoms with van der Waals surface area (Å²) >= 11 is 0. The minimum absolute atomic E-state index is 0.0866. The Morgan fingerprint density at radius 3 is 2.74 bits per heavy atom. The molecule has 5 heteroatoms. The molecule has 5 rings (SSSR count). The van der Waals surface area contributed by atoms with Crippen LogP contribution in [0.15, 0.2) is 65.5 Å². The highest BCUT2D eigenvalue weighted by Crippen LogP contribution is 2.37. The van der Waals surface area contributed by atoms with E-state index < -0.39 is 0 Å². The summed E-state index contributed by atoms with van der Waals surface area (Å²) in [6, 6.07) is 21.9. The van der Waals surface area contributed by atoms with Crippen molar-refractivity contribution in [3.8, 4) is 22.9 Å². The SMILES string of the molecule is COc1ccc(C[NH+]2C[C@@H]3C[C@H](C2)c2c(-c4cccc(C#N)c4)ccc(=O)n2C3)cc1. The molecule has 0 spiro atoms. The van der Waals surface area contributed by atoms with E-state index in [4.69, 9.17) is 4.74 Å². The molecule has 2 bridgehead atoms. The minimum Gasteiger partial charge on any atom is -0.497 e. The normalized spacial score (nSPS) is 21.7. The summed E-state index contributed by atoms with van der Waals surface area (Å²) in [5, 5.41) is 9.32. The molecule has 5 nitrogen and oxygen atoms in total. The Labute approximate surface area is 182 Å². The number of benzene rings is 2. The summed E-state index contributed by atoms with van der Waals surface area (Å²) in [5.41, 5.74) is 5.29. The van der Waals surface area contributed by atoms with Gasteiger partial charge in [0, 0.05) is 41.3 Å². The lowest BCUT2D eigenvalue weighted by molar-refractivity contribution is -0.924. The number of methoxy groups -OCH3 is 1. The number of hydrogen-bond acceptors (Lipinski definition) is 3. The number of ether oxygens (including phenoxy) is 1. The molecule has 1 fully saturated rings. The summed E-state index contributed by atoms with van der Waals surface area (Å²) < 4.78 is 7.28. The monoisotopic (exact) mass is 412 g/mol. The number of fused-ring (bicyclic) bond motifs is 4. The maximum atomic E-state index is 12.7. The number of aromatic nitrogens is 1. The van der Waals surface area contributed by atoms with Crippen molar-refractivity contribution in [2.45, 2.75) is 25.4 Å². The zero-order chi connectivity index (χ0) is 21.4. The topological polar surface area (TPSA) is 59.5 Å². The van der Waals surface area contributed by atoms with Crippen molar-refractivity contribution in [3.63, 3.8) is 0 Å². The van der Waals surface area contributed by atoms with Gasteiger partial charge in [-0.1, -0.05) is 12.1 Å². The summed E-state index contributed by atoms with van der Waals surface area (Å²) in [6.07, 6.45) is 1.13. The van der Waals surface area contributed by atoms with Crippen molar-refractivity contribution in [2.24, 2.45) is 5.92 Å². The molecule has 2 aromatic carbocycles. The van der Waals surface area contributed by atoms with Gasteiger partial charge in [-0.25, -0.2) is 0 Å². The molecule has 3 aromatic rings. The molecular weight excluding hydrogens is 386 g/mol. The molecule has 2 aliphatic rings. The number of hydrogen-bond donors (Lipinski definition) is 1. The van der Waals surface area contributed by atoms with Gasteiger partial charge in [-0.05, 0) is 54.4 Å². The van der Waals surface area contributed by atoms with Gasteiger partial charge in [-0.3, -0.25) is 4.79 Å². The van der Waals surface area contributed by atoms with Crippen molar-refractivity contribution >= 4 is 0 Å². The number of pyridine rings is 1. The number of nitrogens with one attached hydrogen (secondary N) is 1. The first kappa shape index (κ1) is 19.6. The molecule has 0 aliphatic carbocycles. The van der Waals surface area contributed by atoms with Gasteiger partial charge in [-0.2, -0.15) is 5.26 Å². The van der Waals surface area contributed by atoms with E-state index in [2.05, 4.69) is 18.2 Å². The van der Waals surface area contributed by atoms with Crippen LogP contribution in [0.4, 0.5) is 0 Å². The molecule has 0 radical (unpaired) electrons. The fraction of sp³-hybridized carbons (Fsp3) is 0.308. The molecule has 1 unspecified atom stereocenters. The van der Waals surface area contributed by atoms with Crippen LogP contribution in [0.1, 0.15) is 29.2 Å². The number of likely N-dealkylation sites (tertiary alicyclic amines) is 1. The lowest BCUT2D eigenvalue weighted by atomic mass is 9.80. The lowest BCUT2D eigenvalue weighted by Gasteiger charge is -2.41.